The molecule has 0 spiro atoms. The molecule has 1 aromatic carbocycles. The van der Waals surface area contributed by atoms with E-state index in [1.165, 1.54) is 11.3 Å². The Balaban J connectivity index is 2.39. The highest BCUT2D eigenvalue weighted by Crippen LogP contribution is 2.28. The summed E-state index contributed by atoms with van der Waals surface area (Å²) < 4.78 is 0. The van der Waals surface area contributed by atoms with Gasteiger partial charge < -0.3 is 5.32 Å². The summed E-state index contributed by atoms with van der Waals surface area (Å²) >= 11 is 13.6. The first-order valence-corrected chi connectivity index (χ1v) is 7.19. The SMILES string of the molecule is CCCNC(C)CSc1ccc(Cl)c(Cl)c1. The molecular formula is C12H17Cl2NS. The molecule has 0 saturated heterocycles. The maximum absolute atomic E-state index is 5.95. The fourth-order valence-electron chi connectivity index (χ4n) is 1.24. The van der Waals surface area contributed by atoms with Gasteiger partial charge in [-0.25, -0.2) is 0 Å². The average molecular weight is 278 g/mol. The van der Waals surface area contributed by atoms with E-state index in [-0.39, 0.29) is 0 Å². The first kappa shape index (κ1) is 14.2. The second-order valence-electron chi connectivity index (χ2n) is 3.74. The third-order valence-corrected chi connectivity index (χ3v) is 4.13. The second-order valence-corrected chi connectivity index (χ2v) is 5.65. The minimum atomic E-state index is 0.513. The summed E-state index contributed by atoms with van der Waals surface area (Å²) in [5, 5.41) is 4.69. The van der Waals surface area contributed by atoms with E-state index in [9.17, 15) is 0 Å². The summed E-state index contributed by atoms with van der Waals surface area (Å²) in [5.74, 6) is 1.04. The normalized spacial score (nSPS) is 12.8. The molecule has 0 aromatic heterocycles. The highest BCUT2D eigenvalue weighted by Gasteiger charge is 2.03. The largest absolute Gasteiger partial charge is 0.313 e. The fourth-order valence-corrected chi connectivity index (χ4v) is 2.53. The zero-order valence-electron chi connectivity index (χ0n) is 9.59. The topological polar surface area (TPSA) is 12.0 Å². The van der Waals surface area contributed by atoms with Gasteiger partial charge in [-0.1, -0.05) is 30.1 Å². The van der Waals surface area contributed by atoms with Crippen LogP contribution in [0.4, 0.5) is 0 Å². The number of thioether (sulfide) groups is 1. The Labute approximate surface area is 112 Å². The van der Waals surface area contributed by atoms with Crippen LogP contribution in [0.2, 0.25) is 10.0 Å². The van der Waals surface area contributed by atoms with E-state index < -0.39 is 0 Å². The predicted molar refractivity (Wildman–Crippen MR) is 74.9 cm³/mol. The molecule has 0 amide bonds. The lowest BCUT2D eigenvalue weighted by atomic mass is 10.3. The van der Waals surface area contributed by atoms with Gasteiger partial charge in [0, 0.05) is 16.7 Å². The maximum atomic E-state index is 5.95. The van der Waals surface area contributed by atoms with Crippen molar-refractivity contribution < 1.29 is 0 Å². The molecule has 0 heterocycles. The van der Waals surface area contributed by atoms with Crippen molar-refractivity contribution in [3.8, 4) is 0 Å². The molecule has 0 aliphatic rings. The standard InChI is InChI=1S/C12H17Cl2NS/c1-3-6-15-9(2)8-16-10-4-5-11(13)12(14)7-10/h4-5,7,9,15H,3,6,8H2,1-2H3. The molecule has 0 radical (unpaired) electrons. The second kappa shape index (κ2) is 7.44. The van der Waals surface area contributed by atoms with Crippen molar-refractivity contribution in [2.24, 2.45) is 0 Å². The van der Waals surface area contributed by atoms with Gasteiger partial charge >= 0.3 is 0 Å². The van der Waals surface area contributed by atoms with Crippen molar-refractivity contribution in [2.45, 2.75) is 31.2 Å². The highest BCUT2D eigenvalue weighted by molar-refractivity contribution is 7.99. The molecule has 1 rings (SSSR count). The lowest BCUT2D eigenvalue weighted by Gasteiger charge is -2.12. The van der Waals surface area contributed by atoms with Crippen molar-refractivity contribution in [2.75, 3.05) is 12.3 Å². The van der Waals surface area contributed by atoms with Gasteiger partial charge in [-0.3, -0.25) is 0 Å². The molecule has 0 saturated carbocycles. The van der Waals surface area contributed by atoms with E-state index in [4.69, 9.17) is 23.2 Å². The van der Waals surface area contributed by atoms with Gasteiger partial charge in [-0.05, 0) is 38.1 Å². The van der Waals surface area contributed by atoms with E-state index in [2.05, 4.69) is 19.2 Å². The van der Waals surface area contributed by atoms with Crippen LogP contribution in [0, 0.1) is 0 Å². The van der Waals surface area contributed by atoms with Crippen molar-refractivity contribution in [1.29, 1.82) is 0 Å². The Morgan fingerprint density at radius 3 is 2.69 bits per heavy atom. The molecule has 0 bridgehead atoms. The summed E-state index contributed by atoms with van der Waals surface area (Å²) in [4.78, 5) is 1.17. The lowest BCUT2D eigenvalue weighted by molar-refractivity contribution is 0.590. The molecule has 0 aliphatic carbocycles. The number of hydrogen-bond donors (Lipinski definition) is 1. The Morgan fingerprint density at radius 1 is 1.31 bits per heavy atom. The zero-order chi connectivity index (χ0) is 12.0. The lowest BCUT2D eigenvalue weighted by Crippen LogP contribution is -2.28. The molecule has 0 fully saturated rings. The maximum Gasteiger partial charge on any atom is 0.0603 e. The molecule has 1 aromatic rings. The number of hydrogen-bond acceptors (Lipinski definition) is 2. The molecule has 1 nitrogen and oxygen atoms in total. The van der Waals surface area contributed by atoms with Crippen LogP contribution in [-0.4, -0.2) is 18.3 Å². The summed E-state index contributed by atoms with van der Waals surface area (Å²) in [6, 6.07) is 6.28. The van der Waals surface area contributed by atoms with Crippen molar-refractivity contribution >= 4 is 35.0 Å². The molecule has 16 heavy (non-hydrogen) atoms. The molecular weight excluding hydrogens is 261 g/mol. The van der Waals surface area contributed by atoms with Gasteiger partial charge in [-0.2, -0.15) is 0 Å². The van der Waals surface area contributed by atoms with Gasteiger partial charge in [0.1, 0.15) is 0 Å². The van der Waals surface area contributed by atoms with Crippen LogP contribution in [0.3, 0.4) is 0 Å². The first-order valence-electron chi connectivity index (χ1n) is 5.44. The first-order chi connectivity index (χ1) is 7.63. The fraction of sp³-hybridized carbons (Fsp3) is 0.500. The molecule has 1 unspecified atom stereocenters. The molecule has 1 N–H and O–H groups in total. The van der Waals surface area contributed by atoms with Gasteiger partial charge in [0.15, 0.2) is 0 Å². The Bertz CT molecular complexity index is 331. The van der Waals surface area contributed by atoms with Gasteiger partial charge in [0.2, 0.25) is 0 Å². The van der Waals surface area contributed by atoms with Crippen LogP contribution >= 0.6 is 35.0 Å². The Kier molecular flexibility index (Phi) is 6.59. The Morgan fingerprint density at radius 2 is 2.06 bits per heavy atom. The van der Waals surface area contributed by atoms with Crippen LogP contribution < -0.4 is 5.32 Å². The third-order valence-electron chi connectivity index (χ3n) is 2.13. The Hall–Kier alpha value is 0.110. The number of benzene rings is 1. The van der Waals surface area contributed by atoms with Crippen LogP contribution in [0.5, 0.6) is 0 Å². The number of halogens is 2. The highest BCUT2D eigenvalue weighted by atomic mass is 35.5. The van der Waals surface area contributed by atoms with E-state index in [0.717, 1.165) is 12.3 Å². The van der Waals surface area contributed by atoms with Gasteiger partial charge in [0.05, 0.1) is 10.0 Å². The quantitative estimate of drug-likeness (QED) is 0.770. The summed E-state index contributed by atoms with van der Waals surface area (Å²) in [6.45, 7) is 5.44. The van der Waals surface area contributed by atoms with Crippen LogP contribution in [0.15, 0.2) is 23.1 Å². The van der Waals surface area contributed by atoms with Gasteiger partial charge in [-0.15, -0.1) is 11.8 Å². The van der Waals surface area contributed by atoms with E-state index >= 15 is 0 Å². The van der Waals surface area contributed by atoms with E-state index in [1.807, 2.05) is 18.2 Å². The van der Waals surface area contributed by atoms with Crippen LogP contribution in [0.25, 0.3) is 0 Å². The zero-order valence-corrected chi connectivity index (χ0v) is 11.9. The number of rotatable bonds is 6. The monoisotopic (exact) mass is 277 g/mol. The van der Waals surface area contributed by atoms with E-state index in [0.29, 0.717) is 16.1 Å². The summed E-state index contributed by atoms with van der Waals surface area (Å²) in [5.41, 5.74) is 0. The minimum Gasteiger partial charge on any atom is -0.313 e. The van der Waals surface area contributed by atoms with Crippen molar-refractivity contribution in [3.05, 3.63) is 28.2 Å². The smallest absolute Gasteiger partial charge is 0.0603 e. The van der Waals surface area contributed by atoms with E-state index in [1.54, 1.807) is 11.8 Å². The van der Waals surface area contributed by atoms with Crippen molar-refractivity contribution in [1.82, 2.24) is 5.32 Å². The summed E-state index contributed by atoms with van der Waals surface area (Å²) in [6.07, 6.45) is 1.17. The number of nitrogens with one attached hydrogen (secondary N) is 1. The third kappa shape index (κ3) is 4.96. The average Bonchev–Trinajstić information content (AvgIpc) is 2.28. The van der Waals surface area contributed by atoms with Crippen LogP contribution in [-0.2, 0) is 0 Å². The predicted octanol–water partition coefficient (Wildman–Crippen LogP) is 4.47. The van der Waals surface area contributed by atoms with Gasteiger partial charge in [0.25, 0.3) is 0 Å². The minimum absolute atomic E-state index is 0.513. The van der Waals surface area contributed by atoms with Crippen molar-refractivity contribution in [3.63, 3.8) is 0 Å². The van der Waals surface area contributed by atoms with Crippen LogP contribution in [0.1, 0.15) is 20.3 Å². The molecule has 90 valence electrons. The molecule has 1 atom stereocenters. The molecule has 0 aliphatic heterocycles. The summed E-state index contributed by atoms with van der Waals surface area (Å²) in [7, 11) is 0. The molecule has 4 heteroatoms.